The Morgan fingerprint density at radius 2 is 1.39 bits per heavy atom. The zero-order valence-corrected chi connectivity index (χ0v) is 18.5. The van der Waals surface area contributed by atoms with Gasteiger partial charge < -0.3 is 0 Å². The molecule has 6 heteroatoms. The highest BCUT2D eigenvalue weighted by atomic mass is 17.5. The Morgan fingerprint density at radius 3 is 1.89 bits per heavy atom. The summed E-state index contributed by atoms with van der Waals surface area (Å²) in [5.41, 5.74) is -0.659. The van der Waals surface area contributed by atoms with E-state index in [2.05, 4.69) is 0 Å². The predicted molar refractivity (Wildman–Crippen MR) is 107 cm³/mol. The van der Waals surface area contributed by atoms with Crippen molar-refractivity contribution in [2.24, 2.45) is 0 Å². The van der Waals surface area contributed by atoms with Crippen LogP contribution in [0.15, 0.2) is 30.3 Å². The molecular formula is C22H36O6. The molecule has 0 N–H and O–H groups in total. The summed E-state index contributed by atoms with van der Waals surface area (Å²) >= 11 is 0. The van der Waals surface area contributed by atoms with Crippen molar-refractivity contribution < 1.29 is 29.4 Å². The van der Waals surface area contributed by atoms with Gasteiger partial charge in [-0.2, -0.15) is 4.89 Å². The molecule has 1 atom stereocenters. The van der Waals surface area contributed by atoms with E-state index >= 15 is 0 Å². The molecule has 0 saturated carbocycles. The van der Waals surface area contributed by atoms with E-state index in [1.165, 1.54) is 0 Å². The molecule has 1 unspecified atom stereocenters. The van der Waals surface area contributed by atoms with E-state index in [0.29, 0.717) is 19.3 Å². The molecule has 0 aliphatic heterocycles. The van der Waals surface area contributed by atoms with Gasteiger partial charge in [-0.1, -0.05) is 37.3 Å². The van der Waals surface area contributed by atoms with Crippen molar-refractivity contribution >= 4 is 5.97 Å². The Bertz CT molecular complexity index is 589. The van der Waals surface area contributed by atoms with Crippen LogP contribution in [0, 0.1) is 0 Å². The van der Waals surface area contributed by atoms with Crippen molar-refractivity contribution in [3.05, 3.63) is 35.9 Å². The highest BCUT2D eigenvalue weighted by Gasteiger charge is 2.30. The summed E-state index contributed by atoms with van der Waals surface area (Å²) in [6.07, 6.45) is 1.88. The van der Waals surface area contributed by atoms with Crippen molar-refractivity contribution in [3.63, 3.8) is 0 Å². The Kier molecular flexibility index (Phi) is 9.08. The molecular weight excluding hydrogens is 360 g/mol. The lowest BCUT2D eigenvalue weighted by Crippen LogP contribution is -2.34. The molecule has 0 fully saturated rings. The average Bonchev–Trinajstić information content (AvgIpc) is 2.60. The molecule has 160 valence electrons. The van der Waals surface area contributed by atoms with Crippen molar-refractivity contribution in [3.8, 4) is 0 Å². The number of hydrogen-bond acceptors (Lipinski definition) is 6. The van der Waals surface area contributed by atoms with E-state index in [1.807, 2.05) is 85.7 Å². The largest absolute Gasteiger partial charge is 0.353 e. The first-order valence-electron chi connectivity index (χ1n) is 9.83. The van der Waals surface area contributed by atoms with Gasteiger partial charge in [0, 0.05) is 0 Å². The van der Waals surface area contributed by atoms with Gasteiger partial charge in [0.1, 0.15) is 5.60 Å². The van der Waals surface area contributed by atoms with Gasteiger partial charge in [0.15, 0.2) is 0 Å². The average molecular weight is 397 g/mol. The van der Waals surface area contributed by atoms with Gasteiger partial charge in [0.25, 0.3) is 0 Å². The number of rotatable bonds is 11. The van der Waals surface area contributed by atoms with E-state index in [9.17, 15) is 4.79 Å². The minimum Gasteiger partial charge on any atom is -0.268 e. The maximum atomic E-state index is 12.3. The van der Waals surface area contributed by atoms with Crippen LogP contribution in [-0.4, -0.2) is 22.8 Å². The third kappa shape index (κ3) is 9.64. The van der Waals surface area contributed by atoms with E-state index in [0.717, 1.165) is 5.56 Å². The fraction of sp³-hybridized carbons (Fsp3) is 0.682. The lowest BCUT2D eigenvalue weighted by Gasteiger charge is -2.31. The van der Waals surface area contributed by atoms with Crippen LogP contribution in [-0.2, 0) is 29.4 Å². The van der Waals surface area contributed by atoms with Crippen molar-refractivity contribution in [1.29, 1.82) is 0 Å². The van der Waals surface area contributed by atoms with E-state index in [1.54, 1.807) is 0 Å². The third-order valence-corrected chi connectivity index (χ3v) is 4.12. The van der Waals surface area contributed by atoms with E-state index in [-0.39, 0.29) is 5.60 Å². The molecule has 0 aliphatic rings. The summed E-state index contributed by atoms with van der Waals surface area (Å²) in [5.74, 6) is -0.874. The molecule has 0 aliphatic carbocycles. The van der Waals surface area contributed by atoms with Crippen molar-refractivity contribution in [1.82, 2.24) is 0 Å². The fourth-order valence-corrected chi connectivity index (χ4v) is 2.35. The molecule has 0 amide bonds. The number of carbonyl (C=O) groups is 1. The van der Waals surface area contributed by atoms with Gasteiger partial charge in [-0.15, -0.1) is 0 Å². The normalized spacial score (nSPS) is 14.0. The highest BCUT2D eigenvalue weighted by Crippen LogP contribution is 2.27. The van der Waals surface area contributed by atoms with Crippen molar-refractivity contribution in [2.45, 2.75) is 97.4 Å². The van der Waals surface area contributed by atoms with Crippen LogP contribution in [0.1, 0.15) is 86.1 Å². The van der Waals surface area contributed by atoms with Gasteiger partial charge in [0.2, 0.25) is 0 Å². The minimum atomic E-state index is -0.670. The van der Waals surface area contributed by atoms with Crippen LogP contribution in [0.5, 0.6) is 0 Å². The third-order valence-electron chi connectivity index (χ3n) is 4.12. The molecule has 1 aromatic rings. The molecule has 1 rings (SSSR count). The monoisotopic (exact) mass is 396 g/mol. The maximum absolute atomic E-state index is 12.3. The quantitative estimate of drug-likeness (QED) is 0.355. The summed E-state index contributed by atoms with van der Waals surface area (Å²) in [6.45, 7) is 15.3. The van der Waals surface area contributed by atoms with Gasteiger partial charge in [-0.25, -0.2) is 14.6 Å². The van der Waals surface area contributed by atoms with E-state index < -0.39 is 23.1 Å². The zero-order valence-electron chi connectivity index (χ0n) is 18.5. The topological polar surface area (TPSA) is 63.2 Å². The standard InChI is InChI=1S/C22H36O6/c1-9-18(17-13-11-10-12-14-17)19(23)24-28-27-22(7,8)16-15-21(5,6)26-25-20(2,3)4/h10-14,18H,9,15-16H2,1-8H3. The number of benzene rings is 1. The van der Waals surface area contributed by atoms with Crippen LogP contribution in [0.25, 0.3) is 0 Å². The molecule has 0 saturated heterocycles. The first-order chi connectivity index (χ1) is 12.9. The summed E-state index contributed by atoms with van der Waals surface area (Å²) in [6, 6.07) is 9.46. The van der Waals surface area contributed by atoms with Crippen LogP contribution in [0.3, 0.4) is 0 Å². The summed E-state index contributed by atoms with van der Waals surface area (Å²) in [7, 11) is 0. The smallest absolute Gasteiger partial charge is 0.268 e. The predicted octanol–water partition coefficient (Wildman–Crippen LogP) is 5.67. The number of hydrogen-bond donors (Lipinski definition) is 0. The lowest BCUT2D eigenvalue weighted by molar-refractivity contribution is -0.518. The minimum absolute atomic E-state index is 0.380. The Labute approximate surface area is 169 Å². The van der Waals surface area contributed by atoms with Gasteiger partial charge >= 0.3 is 5.97 Å². The molecule has 0 spiro atoms. The Morgan fingerprint density at radius 1 is 0.857 bits per heavy atom. The Hall–Kier alpha value is -1.47. The summed E-state index contributed by atoms with van der Waals surface area (Å²) in [4.78, 5) is 33.5. The van der Waals surface area contributed by atoms with Crippen LogP contribution in [0.4, 0.5) is 0 Å². The number of carbonyl (C=O) groups excluding carboxylic acids is 1. The van der Waals surface area contributed by atoms with Gasteiger partial charge in [-0.3, -0.25) is 4.89 Å². The Balaban J connectivity index is 2.44. The van der Waals surface area contributed by atoms with E-state index in [4.69, 9.17) is 24.6 Å². The maximum Gasteiger partial charge on any atom is 0.353 e. The second-order valence-corrected chi connectivity index (χ2v) is 9.22. The summed E-state index contributed by atoms with van der Waals surface area (Å²) < 4.78 is 0. The summed E-state index contributed by atoms with van der Waals surface area (Å²) in [5, 5.41) is 4.82. The SMILES string of the molecule is CCC(C(=O)OOOC(C)(C)CCC(C)(C)OOC(C)(C)C)c1ccccc1. The van der Waals surface area contributed by atoms with Crippen LogP contribution < -0.4 is 0 Å². The molecule has 0 bridgehead atoms. The molecule has 1 aromatic carbocycles. The van der Waals surface area contributed by atoms with Gasteiger partial charge in [0.05, 0.1) is 17.1 Å². The van der Waals surface area contributed by atoms with Crippen LogP contribution in [0.2, 0.25) is 0 Å². The van der Waals surface area contributed by atoms with Crippen molar-refractivity contribution in [2.75, 3.05) is 0 Å². The van der Waals surface area contributed by atoms with Gasteiger partial charge in [-0.05, 0) is 78.3 Å². The molecule has 6 nitrogen and oxygen atoms in total. The lowest BCUT2D eigenvalue weighted by atomic mass is 9.94. The molecule has 0 radical (unpaired) electrons. The molecule has 0 heterocycles. The second-order valence-electron chi connectivity index (χ2n) is 9.22. The van der Waals surface area contributed by atoms with Crippen LogP contribution >= 0.6 is 0 Å². The first kappa shape index (κ1) is 24.6. The highest BCUT2D eigenvalue weighted by molar-refractivity contribution is 5.77. The fourth-order valence-electron chi connectivity index (χ4n) is 2.35. The molecule has 28 heavy (non-hydrogen) atoms. The zero-order chi connectivity index (χ0) is 21.4. The molecule has 0 aromatic heterocycles. The second kappa shape index (κ2) is 10.3. The first-order valence-corrected chi connectivity index (χ1v) is 9.83.